The smallest absolute Gasteiger partial charge is 0.317 e. The number of aromatic nitrogens is 2. The summed E-state index contributed by atoms with van der Waals surface area (Å²) >= 11 is 0. The van der Waals surface area contributed by atoms with Gasteiger partial charge in [-0.05, 0) is 63.1 Å². The lowest BCUT2D eigenvalue weighted by Crippen LogP contribution is -2.45. The Bertz CT molecular complexity index is 1170. The summed E-state index contributed by atoms with van der Waals surface area (Å²) in [5.41, 5.74) is 1.14. The summed E-state index contributed by atoms with van der Waals surface area (Å²) < 4.78 is 7.16. The molecule has 174 valence electrons. The molecule has 1 aliphatic rings. The Morgan fingerprint density at radius 3 is 2.55 bits per heavy atom. The van der Waals surface area contributed by atoms with Crippen molar-refractivity contribution in [1.82, 2.24) is 19.8 Å². The van der Waals surface area contributed by atoms with Gasteiger partial charge in [0.25, 0.3) is 5.56 Å². The molecule has 1 unspecified atom stereocenters. The van der Waals surface area contributed by atoms with Gasteiger partial charge in [-0.3, -0.25) is 9.36 Å². The van der Waals surface area contributed by atoms with Crippen molar-refractivity contribution in [3.8, 4) is 11.4 Å². The lowest BCUT2D eigenvalue weighted by molar-refractivity contribution is 0.184. The summed E-state index contributed by atoms with van der Waals surface area (Å²) in [7, 11) is 1.76. The molecule has 0 saturated heterocycles. The van der Waals surface area contributed by atoms with E-state index >= 15 is 0 Å². The van der Waals surface area contributed by atoms with Crippen LogP contribution in [0.1, 0.15) is 57.8 Å². The molecule has 1 fully saturated rings. The van der Waals surface area contributed by atoms with Gasteiger partial charge in [0, 0.05) is 13.1 Å². The molecular weight excluding hydrogens is 416 g/mol. The first-order chi connectivity index (χ1) is 16.0. The summed E-state index contributed by atoms with van der Waals surface area (Å²) in [5, 5.41) is 3.70. The van der Waals surface area contributed by atoms with Crippen molar-refractivity contribution in [2.45, 2.75) is 58.0 Å². The fourth-order valence-electron chi connectivity index (χ4n) is 4.41. The highest BCUT2D eigenvalue weighted by Gasteiger charge is 2.26. The average Bonchev–Trinajstić information content (AvgIpc) is 2.84. The van der Waals surface area contributed by atoms with E-state index in [0.29, 0.717) is 29.0 Å². The largest absolute Gasteiger partial charge is 0.494 e. The minimum absolute atomic E-state index is 0.143. The second-order valence-electron chi connectivity index (χ2n) is 8.63. The normalized spacial score (nSPS) is 15.2. The first-order valence-electron chi connectivity index (χ1n) is 11.8. The van der Waals surface area contributed by atoms with Crippen LogP contribution in [0.25, 0.3) is 16.6 Å². The van der Waals surface area contributed by atoms with Gasteiger partial charge in [-0.15, -0.1) is 0 Å². The zero-order valence-electron chi connectivity index (χ0n) is 19.6. The van der Waals surface area contributed by atoms with E-state index in [0.717, 1.165) is 31.4 Å². The second-order valence-corrected chi connectivity index (χ2v) is 8.63. The number of benzene rings is 2. The third-order valence-electron chi connectivity index (χ3n) is 6.42. The molecule has 2 amide bonds. The van der Waals surface area contributed by atoms with Crippen LogP contribution in [0.3, 0.4) is 0 Å². The third kappa shape index (κ3) is 4.87. The number of hydrogen-bond acceptors (Lipinski definition) is 4. The zero-order chi connectivity index (χ0) is 23.4. The number of rotatable bonds is 6. The van der Waals surface area contributed by atoms with E-state index in [2.05, 4.69) is 5.32 Å². The van der Waals surface area contributed by atoms with Crippen LogP contribution in [0.2, 0.25) is 0 Å². The minimum atomic E-state index is -0.419. The third-order valence-corrected chi connectivity index (χ3v) is 6.42. The topological polar surface area (TPSA) is 76.5 Å². The number of ether oxygens (including phenoxy) is 1. The molecule has 0 radical (unpaired) electrons. The Labute approximate surface area is 194 Å². The number of nitrogens with zero attached hydrogens (tertiary/aromatic N) is 3. The van der Waals surface area contributed by atoms with E-state index in [9.17, 15) is 9.59 Å². The maximum Gasteiger partial charge on any atom is 0.317 e. The molecule has 7 heteroatoms. The van der Waals surface area contributed by atoms with Crippen molar-refractivity contribution in [1.29, 1.82) is 0 Å². The van der Waals surface area contributed by atoms with Crippen LogP contribution in [0.5, 0.6) is 5.75 Å². The quantitative estimate of drug-likeness (QED) is 0.587. The summed E-state index contributed by atoms with van der Waals surface area (Å²) in [6, 6.07) is 14.3. The van der Waals surface area contributed by atoms with Crippen molar-refractivity contribution in [3.63, 3.8) is 0 Å². The van der Waals surface area contributed by atoms with E-state index in [1.54, 1.807) is 22.6 Å². The van der Waals surface area contributed by atoms with Gasteiger partial charge < -0.3 is 15.0 Å². The zero-order valence-corrected chi connectivity index (χ0v) is 19.6. The molecule has 0 spiro atoms. The van der Waals surface area contributed by atoms with Crippen molar-refractivity contribution in [2.24, 2.45) is 0 Å². The van der Waals surface area contributed by atoms with E-state index in [1.807, 2.05) is 56.3 Å². The van der Waals surface area contributed by atoms with E-state index in [1.165, 1.54) is 6.42 Å². The molecular formula is C26H32N4O3. The van der Waals surface area contributed by atoms with Gasteiger partial charge in [0.2, 0.25) is 0 Å². The number of para-hydroxylation sites is 1. The standard InChI is InChI=1S/C26H32N4O3/c1-4-33-21-16-14-20(15-17-21)30-24(28-23-13-9-8-12-22(23)25(30)31)18(2)29(3)26(32)27-19-10-6-5-7-11-19/h8-9,12-19H,4-7,10-11H2,1-3H3,(H,27,32). The van der Waals surface area contributed by atoms with Crippen LogP contribution < -0.4 is 15.6 Å². The van der Waals surface area contributed by atoms with E-state index in [-0.39, 0.29) is 17.6 Å². The lowest BCUT2D eigenvalue weighted by atomic mass is 9.96. The van der Waals surface area contributed by atoms with Crippen molar-refractivity contribution >= 4 is 16.9 Å². The predicted octanol–water partition coefficient (Wildman–Crippen LogP) is 4.82. The van der Waals surface area contributed by atoms with Crippen LogP contribution >= 0.6 is 0 Å². The van der Waals surface area contributed by atoms with Gasteiger partial charge in [0.05, 0.1) is 29.2 Å². The van der Waals surface area contributed by atoms with Crippen molar-refractivity contribution < 1.29 is 9.53 Å². The maximum absolute atomic E-state index is 13.5. The van der Waals surface area contributed by atoms with Crippen LogP contribution in [0.15, 0.2) is 53.3 Å². The molecule has 33 heavy (non-hydrogen) atoms. The van der Waals surface area contributed by atoms with Crippen LogP contribution in [0.4, 0.5) is 4.79 Å². The molecule has 1 atom stereocenters. The van der Waals surface area contributed by atoms with Crippen LogP contribution in [-0.2, 0) is 0 Å². The molecule has 0 aliphatic heterocycles. The van der Waals surface area contributed by atoms with Crippen LogP contribution in [-0.4, -0.2) is 40.2 Å². The highest BCUT2D eigenvalue weighted by Crippen LogP contribution is 2.24. The number of carbonyl (C=O) groups excluding carboxylic acids is 1. The Morgan fingerprint density at radius 2 is 1.85 bits per heavy atom. The molecule has 1 saturated carbocycles. The number of carbonyl (C=O) groups is 1. The van der Waals surface area contributed by atoms with Gasteiger partial charge in [0.1, 0.15) is 11.6 Å². The molecule has 4 rings (SSSR count). The fraction of sp³-hybridized carbons (Fsp3) is 0.423. The Balaban J connectivity index is 1.72. The molecule has 7 nitrogen and oxygen atoms in total. The van der Waals surface area contributed by atoms with Crippen molar-refractivity contribution in [2.75, 3.05) is 13.7 Å². The van der Waals surface area contributed by atoms with Crippen molar-refractivity contribution in [3.05, 3.63) is 64.7 Å². The van der Waals surface area contributed by atoms with Gasteiger partial charge in [-0.25, -0.2) is 9.78 Å². The fourth-order valence-corrected chi connectivity index (χ4v) is 4.41. The highest BCUT2D eigenvalue weighted by molar-refractivity contribution is 5.78. The molecule has 1 aromatic heterocycles. The number of amides is 2. The summed E-state index contributed by atoms with van der Waals surface area (Å²) in [6.45, 7) is 4.40. The summed E-state index contributed by atoms with van der Waals surface area (Å²) in [4.78, 5) is 33.0. The second kappa shape index (κ2) is 10.1. The van der Waals surface area contributed by atoms with Crippen LogP contribution in [0, 0.1) is 0 Å². The van der Waals surface area contributed by atoms with Gasteiger partial charge >= 0.3 is 6.03 Å². The number of urea groups is 1. The first-order valence-corrected chi connectivity index (χ1v) is 11.8. The maximum atomic E-state index is 13.5. The Kier molecular flexibility index (Phi) is 6.96. The van der Waals surface area contributed by atoms with Gasteiger partial charge in [-0.2, -0.15) is 0 Å². The molecule has 1 N–H and O–H groups in total. The Hall–Kier alpha value is -3.35. The summed E-state index contributed by atoms with van der Waals surface area (Å²) in [5.74, 6) is 1.26. The molecule has 0 bridgehead atoms. The number of nitrogens with one attached hydrogen (secondary N) is 1. The SMILES string of the molecule is CCOc1ccc(-n2c(C(C)N(C)C(=O)NC3CCCCC3)nc3ccccc3c2=O)cc1. The first kappa shape index (κ1) is 22.8. The number of fused-ring (bicyclic) bond motifs is 1. The minimum Gasteiger partial charge on any atom is -0.494 e. The molecule has 3 aromatic rings. The molecule has 1 aliphatic carbocycles. The summed E-state index contributed by atoms with van der Waals surface area (Å²) in [6.07, 6.45) is 5.55. The monoisotopic (exact) mass is 448 g/mol. The predicted molar refractivity (Wildman–Crippen MR) is 130 cm³/mol. The van der Waals surface area contributed by atoms with E-state index in [4.69, 9.17) is 9.72 Å². The van der Waals surface area contributed by atoms with Gasteiger partial charge in [-0.1, -0.05) is 31.4 Å². The highest BCUT2D eigenvalue weighted by atomic mass is 16.5. The lowest BCUT2D eigenvalue weighted by Gasteiger charge is -2.30. The Morgan fingerprint density at radius 1 is 1.15 bits per heavy atom. The average molecular weight is 449 g/mol. The number of hydrogen-bond donors (Lipinski definition) is 1. The molecule has 2 aromatic carbocycles. The molecule has 1 heterocycles. The van der Waals surface area contributed by atoms with Gasteiger partial charge in [0.15, 0.2) is 0 Å². The van der Waals surface area contributed by atoms with E-state index < -0.39 is 6.04 Å².